The summed E-state index contributed by atoms with van der Waals surface area (Å²) in [6.07, 6.45) is 2.02. The summed E-state index contributed by atoms with van der Waals surface area (Å²) in [5.41, 5.74) is 3.50. The minimum atomic E-state index is -0.793. The zero-order valence-electron chi connectivity index (χ0n) is 24.2. The molecule has 0 unspecified atom stereocenters. The molecule has 43 heavy (non-hydrogen) atoms. The van der Waals surface area contributed by atoms with Gasteiger partial charge in [-0.05, 0) is 52.0 Å². The zero-order valence-corrected chi connectivity index (χ0v) is 25.2. The van der Waals surface area contributed by atoms with Crippen LogP contribution in [0, 0.1) is 0 Å². The van der Waals surface area contributed by atoms with Gasteiger partial charge < -0.3 is 10.2 Å². The van der Waals surface area contributed by atoms with Crippen LogP contribution in [0.1, 0.15) is 50.3 Å². The van der Waals surface area contributed by atoms with Crippen LogP contribution in [0.5, 0.6) is 11.5 Å². The Kier molecular flexibility index (Phi) is 6.79. The SMILES string of the molecule is CC1(C)c2cn(-c3ccccc3)c(n2)-c2nc(nn2-c2ccccc2)C(C)(C)c2cccc(c2O)-c2cccc1c2O.[Cu]. The van der Waals surface area contributed by atoms with Crippen molar-refractivity contribution in [3.05, 3.63) is 126 Å². The van der Waals surface area contributed by atoms with E-state index < -0.39 is 10.8 Å². The summed E-state index contributed by atoms with van der Waals surface area (Å²) in [5, 5.41) is 28.5. The van der Waals surface area contributed by atoms with Crippen LogP contribution in [0.15, 0.2) is 103 Å². The normalized spacial score (nSPS) is 14.4. The minimum Gasteiger partial charge on any atom is -0.507 e. The first-order valence-corrected chi connectivity index (χ1v) is 14.0. The number of para-hydroxylation sites is 4. The number of phenolic OH excluding ortho intramolecular Hbond substituents is 2. The second-order valence-electron chi connectivity index (χ2n) is 11.8. The van der Waals surface area contributed by atoms with Gasteiger partial charge in [0.1, 0.15) is 11.5 Å². The van der Waals surface area contributed by atoms with Gasteiger partial charge in [-0.3, -0.25) is 4.57 Å². The average Bonchev–Trinajstić information content (AvgIpc) is 3.64. The first-order valence-electron chi connectivity index (χ1n) is 14.0. The van der Waals surface area contributed by atoms with Crippen LogP contribution >= 0.6 is 0 Å². The van der Waals surface area contributed by atoms with E-state index in [1.807, 2.05) is 140 Å². The third kappa shape index (κ3) is 4.37. The molecule has 2 aromatic heterocycles. The molecule has 1 aliphatic rings. The Morgan fingerprint density at radius 1 is 0.581 bits per heavy atom. The number of aromatic nitrogens is 5. The van der Waals surface area contributed by atoms with Crippen LogP contribution in [0.3, 0.4) is 0 Å². The van der Waals surface area contributed by atoms with Gasteiger partial charge in [-0.1, -0.05) is 72.8 Å². The van der Waals surface area contributed by atoms with Crippen LogP contribution in [-0.4, -0.2) is 34.5 Å². The van der Waals surface area contributed by atoms with Gasteiger partial charge in [0.15, 0.2) is 17.5 Å². The molecule has 4 aromatic carbocycles. The smallest absolute Gasteiger partial charge is 0.199 e. The van der Waals surface area contributed by atoms with Crippen LogP contribution in [0.2, 0.25) is 0 Å². The molecule has 1 radical (unpaired) electrons. The fourth-order valence-electron chi connectivity index (χ4n) is 5.88. The number of phenols is 2. The summed E-state index contributed by atoms with van der Waals surface area (Å²) < 4.78 is 3.86. The number of fused-ring (bicyclic) bond motifs is 10. The Morgan fingerprint density at radius 2 is 1.12 bits per heavy atom. The second-order valence-corrected chi connectivity index (χ2v) is 11.8. The minimum absolute atomic E-state index is 0. The maximum absolute atomic E-state index is 11.7. The predicted molar refractivity (Wildman–Crippen MR) is 163 cm³/mol. The van der Waals surface area contributed by atoms with Crippen molar-refractivity contribution in [1.82, 2.24) is 24.3 Å². The Balaban J connectivity index is 0.00000329. The molecule has 0 fully saturated rings. The molecular formula is C35H31CuN5O2. The number of hydrogen-bond donors (Lipinski definition) is 2. The summed E-state index contributed by atoms with van der Waals surface area (Å²) in [6.45, 7) is 8.10. The Morgan fingerprint density at radius 3 is 1.70 bits per heavy atom. The average molecular weight is 617 g/mol. The van der Waals surface area contributed by atoms with Gasteiger partial charge in [-0.15, -0.1) is 5.10 Å². The maximum Gasteiger partial charge on any atom is 0.199 e. The predicted octanol–water partition coefficient (Wildman–Crippen LogP) is 7.16. The van der Waals surface area contributed by atoms with E-state index in [1.165, 1.54) is 0 Å². The Hall–Kier alpha value is -4.65. The number of aromatic hydroxyl groups is 2. The molecule has 0 aliphatic carbocycles. The van der Waals surface area contributed by atoms with Crippen LogP contribution in [0.4, 0.5) is 0 Å². The van der Waals surface area contributed by atoms with Crippen molar-refractivity contribution in [2.45, 2.75) is 38.5 Å². The van der Waals surface area contributed by atoms with Gasteiger partial charge in [-0.25, -0.2) is 14.6 Å². The summed E-state index contributed by atoms with van der Waals surface area (Å²) >= 11 is 0. The largest absolute Gasteiger partial charge is 0.507 e. The number of nitrogens with zero attached hydrogens (tertiary/aromatic N) is 5. The van der Waals surface area contributed by atoms with Gasteiger partial charge in [0.25, 0.3) is 0 Å². The summed E-state index contributed by atoms with van der Waals surface area (Å²) in [6, 6.07) is 31.2. The molecule has 219 valence electrons. The van der Waals surface area contributed by atoms with Gasteiger partial charge in [0.05, 0.1) is 16.8 Å². The van der Waals surface area contributed by atoms with Crippen molar-refractivity contribution >= 4 is 0 Å². The van der Waals surface area contributed by atoms with Crippen LogP contribution in [-0.2, 0) is 27.9 Å². The fraction of sp³-hybridized carbons (Fsp3) is 0.171. The number of hydrogen-bond acceptors (Lipinski definition) is 5. The molecule has 8 heteroatoms. The molecule has 0 spiro atoms. The molecule has 0 amide bonds. The molecule has 2 N–H and O–H groups in total. The van der Waals surface area contributed by atoms with Crippen molar-refractivity contribution in [3.8, 4) is 45.6 Å². The van der Waals surface area contributed by atoms with Gasteiger partial charge in [0.2, 0.25) is 0 Å². The molecule has 0 saturated heterocycles. The van der Waals surface area contributed by atoms with E-state index in [4.69, 9.17) is 15.1 Å². The second kappa shape index (κ2) is 10.3. The van der Waals surface area contributed by atoms with Crippen LogP contribution in [0.25, 0.3) is 34.2 Å². The molecule has 8 bridgehead atoms. The molecule has 7 nitrogen and oxygen atoms in total. The van der Waals surface area contributed by atoms with E-state index in [0.29, 0.717) is 39.7 Å². The standard InChI is InChI=1S/C35H31N5O2.Cu/c1-34(2)26-19-11-17-24(29(26)41)25-18-12-20-27(30(25)42)35(3,4)33-37-32(40(38-33)23-15-9-6-10-16-23)31-36-28(34)21-39(31)22-13-7-5-8-14-22;/h5-21,41-42H,1-4H3;. The van der Waals surface area contributed by atoms with Crippen molar-refractivity contribution in [2.24, 2.45) is 0 Å². The van der Waals surface area contributed by atoms with E-state index in [-0.39, 0.29) is 28.6 Å². The monoisotopic (exact) mass is 616 g/mol. The topological polar surface area (TPSA) is 89.0 Å². The number of benzene rings is 4. The van der Waals surface area contributed by atoms with Crippen LogP contribution < -0.4 is 0 Å². The van der Waals surface area contributed by atoms with Crippen molar-refractivity contribution < 1.29 is 27.3 Å². The van der Waals surface area contributed by atoms with Gasteiger partial charge >= 0.3 is 0 Å². The maximum atomic E-state index is 11.7. The molecular weight excluding hydrogens is 586 g/mol. The van der Waals surface area contributed by atoms with E-state index >= 15 is 0 Å². The van der Waals surface area contributed by atoms with Gasteiger partial charge in [0, 0.05) is 56.6 Å². The first kappa shape index (κ1) is 28.5. The molecule has 6 aromatic rings. The third-order valence-corrected chi connectivity index (χ3v) is 8.46. The number of imidazole rings is 1. The summed E-state index contributed by atoms with van der Waals surface area (Å²) in [7, 11) is 0. The molecule has 0 atom stereocenters. The Labute approximate surface area is 261 Å². The van der Waals surface area contributed by atoms with Crippen molar-refractivity contribution in [2.75, 3.05) is 0 Å². The summed E-state index contributed by atoms with van der Waals surface area (Å²) in [4.78, 5) is 10.4. The molecule has 3 heterocycles. The molecule has 7 rings (SSSR count). The quantitative estimate of drug-likeness (QED) is 0.202. The fourth-order valence-corrected chi connectivity index (χ4v) is 5.88. The van der Waals surface area contributed by atoms with E-state index in [2.05, 4.69) is 0 Å². The molecule has 0 saturated carbocycles. The zero-order chi connectivity index (χ0) is 29.2. The first-order chi connectivity index (χ1) is 20.2. The van der Waals surface area contributed by atoms with E-state index in [9.17, 15) is 10.2 Å². The van der Waals surface area contributed by atoms with Crippen molar-refractivity contribution in [3.63, 3.8) is 0 Å². The molecule has 1 aliphatic heterocycles. The third-order valence-electron chi connectivity index (χ3n) is 8.46. The van der Waals surface area contributed by atoms with Crippen molar-refractivity contribution in [1.29, 1.82) is 0 Å². The summed E-state index contributed by atoms with van der Waals surface area (Å²) in [5.74, 6) is 1.93. The van der Waals surface area contributed by atoms with E-state index in [0.717, 1.165) is 17.1 Å². The van der Waals surface area contributed by atoms with Gasteiger partial charge in [-0.2, -0.15) is 0 Å². The number of rotatable bonds is 2. The Bertz CT molecular complexity index is 1820. The van der Waals surface area contributed by atoms with E-state index in [1.54, 1.807) is 0 Å².